The molecule has 152 valence electrons. The maximum atomic E-state index is 13.7. The number of primary sulfonamides is 1. The standard InChI is InChI=1S/C18H14F3N3O4S/c1-10-13(6-7-15-16(10)28-9-27-15)14-8-24(23-17(14)18(19,20)21)11-2-4-12(5-3-11)29(22,25)26/h2-8H,9H2,1H3,(H2,22,25,26). The lowest BCUT2D eigenvalue weighted by Gasteiger charge is -2.10. The molecule has 0 aliphatic carbocycles. The Balaban J connectivity index is 1.85. The quantitative estimate of drug-likeness (QED) is 0.695. The highest BCUT2D eigenvalue weighted by molar-refractivity contribution is 7.89. The molecule has 1 aliphatic rings. The van der Waals surface area contributed by atoms with Crippen LogP contribution < -0.4 is 14.6 Å². The van der Waals surface area contributed by atoms with Crippen LogP contribution in [0.5, 0.6) is 11.5 Å². The van der Waals surface area contributed by atoms with Crippen molar-refractivity contribution in [1.82, 2.24) is 9.78 Å². The number of rotatable bonds is 3. The van der Waals surface area contributed by atoms with Crippen molar-refractivity contribution in [3.63, 3.8) is 0 Å². The van der Waals surface area contributed by atoms with E-state index in [1.165, 1.54) is 36.5 Å². The van der Waals surface area contributed by atoms with Crippen molar-refractivity contribution in [1.29, 1.82) is 0 Å². The Hall–Kier alpha value is -3.05. The summed E-state index contributed by atoms with van der Waals surface area (Å²) in [5.41, 5.74) is -0.171. The van der Waals surface area contributed by atoms with E-state index in [0.717, 1.165) is 4.68 Å². The number of nitrogens with zero attached hydrogens (tertiary/aromatic N) is 2. The smallest absolute Gasteiger partial charge is 0.435 e. The van der Waals surface area contributed by atoms with Gasteiger partial charge in [0.1, 0.15) is 0 Å². The average molecular weight is 425 g/mol. The van der Waals surface area contributed by atoms with Gasteiger partial charge in [-0.25, -0.2) is 18.2 Å². The minimum Gasteiger partial charge on any atom is -0.454 e. The number of hydrogen-bond donors (Lipinski definition) is 1. The van der Waals surface area contributed by atoms with Gasteiger partial charge in [0.15, 0.2) is 17.2 Å². The normalized spacial score (nSPS) is 13.7. The molecule has 29 heavy (non-hydrogen) atoms. The zero-order valence-electron chi connectivity index (χ0n) is 14.9. The van der Waals surface area contributed by atoms with E-state index >= 15 is 0 Å². The van der Waals surface area contributed by atoms with E-state index in [-0.39, 0.29) is 22.9 Å². The van der Waals surface area contributed by atoms with Crippen LogP contribution in [0.25, 0.3) is 16.8 Å². The molecule has 0 spiro atoms. The number of ether oxygens (including phenoxy) is 2. The maximum Gasteiger partial charge on any atom is 0.435 e. The second-order valence-electron chi connectivity index (χ2n) is 6.34. The molecule has 1 aliphatic heterocycles. The molecule has 4 rings (SSSR count). The number of fused-ring (bicyclic) bond motifs is 1. The fourth-order valence-electron chi connectivity index (χ4n) is 3.10. The fraction of sp³-hybridized carbons (Fsp3) is 0.167. The van der Waals surface area contributed by atoms with Gasteiger partial charge in [-0.1, -0.05) is 6.07 Å². The maximum absolute atomic E-state index is 13.7. The van der Waals surface area contributed by atoms with E-state index in [2.05, 4.69) is 5.10 Å². The summed E-state index contributed by atoms with van der Waals surface area (Å²) in [7, 11) is -3.92. The number of alkyl halides is 3. The van der Waals surface area contributed by atoms with Crippen LogP contribution in [-0.4, -0.2) is 25.0 Å². The largest absolute Gasteiger partial charge is 0.454 e. The molecular weight excluding hydrogens is 411 g/mol. The summed E-state index contributed by atoms with van der Waals surface area (Å²) in [6.07, 6.45) is -3.47. The molecule has 1 aromatic heterocycles. The van der Waals surface area contributed by atoms with Crippen LogP contribution in [-0.2, 0) is 16.2 Å². The van der Waals surface area contributed by atoms with Crippen LogP contribution >= 0.6 is 0 Å². The Morgan fingerprint density at radius 1 is 1.07 bits per heavy atom. The molecule has 2 aromatic carbocycles. The Labute approximate surface area is 163 Å². The first-order chi connectivity index (χ1) is 13.6. The van der Waals surface area contributed by atoms with Gasteiger partial charge in [0.2, 0.25) is 16.8 Å². The van der Waals surface area contributed by atoms with Gasteiger partial charge in [0.25, 0.3) is 0 Å². The van der Waals surface area contributed by atoms with Crippen molar-refractivity contribution in [2.75, 3.05) is 6.79 Å². The number of sulfonamides is 1. The van der Waals surface area contributed by atoms with Crippen LogP contribution in [0, 0.1) is 6.92 Å². The minimum absolute atomic E-state index is 0.00140. The minimum atomic E-state index is -4.70. The Morgan fingerprint density at radius 3 is 2.38 bits per heavy atom. The predicted molar refractivity (Wildman–Crippen MR) is 96.2 cm³/mol. The number of hydrogen-bond acceptors (Lipinski definition) is 5. The lowest BCUT2D eigenvalue weighted by atomic mass is 9.99. The molecule has 0 radical (unpaired) electrons. The Bertz CT molecular complexity index is 1200. The molecule has 0 saturated heterocycles. The van der Waals surface area contributed by atoms with Gasteiger partial charge < -0.3 is 9.47 Å². The van der Waals surface area contributed by atoms with Gasteiger partial charge >= 0.3 is 6.18 Å². The monoisotopic (exact) mass is 425 g/mol. The number of benzene rings is 2. The van der Waals surface area contributed by atoms with Gasteiger partial charge in [-0.2, -0.15) is 18.3 Å². The van der Waals surface area contributed by atoms with Crippen LogP contribution in [0.2, 0.25) is 0 Å². The molecule has 3 aromatic rings. The third kappa shape index (κ3) is 3.42. The number of nitrogens with two attached hydrogens (primary N) is 1. The van der Waals surface area contributed by atoms with Crippen LogP contribution in [0.4, 0.5) is 13.2 Å². The van der Waals surface area contributed by atoms with Crippen molar-refractivity contribution < 1.29 is 31.1 Å². The van der Waals surface area contributed by atoms with E-state index in [0.29, 0.717) is 22.6 Å². The highest BCUT2D eigenvalue weighted by Crippen LogP contribution is 2.44. The van der Waals surface area contributed by atoms with Crippen LogP contribution in [0.1, 0.15) is 11.3 Å². The molecule has 11 heteroatoms. The van der Waals surface area contributed by atoms with Crippen molar-refractivity contribution in [3.05, 3.63) is 53.9 Å². The Kier molecular flexibility index (Phi) is 4.32. The molecule has 0 bridgehead atoms. The van der Waals surface area contributed by atoms with E-state index in [4.69, 9.17) is 14.6 Å². The lowest BCUT2D eigenvalue weighted by molar-refractivity contribution is -0.140. The predicted octanol–water partition coefficient (Wildman–Crippen LogP) is 3.24. The third-order valence-corrected chi connectivity index (χ3v) is 5.42. The van der Waals surface area contributed by atoms with E-state index < -0.39 is 21.9 Å². The number of halogens is 3. The van der Waals surface area contributed by atoms with Crippen molar-refractivity contribution in [2.45, 2.75) is 18.0 Å². The van der Waals surface area contributed by atoms with Gasteiger partial charge in [0, 0.05) is 17.3 Å². The van der Waals surface area contributed by atoms with Gasteiger partial charge in [0.05, 0.1) is 10.6 Å². The topological polar surface area (TPSA) is 96.4 Å². The SMILES string of the molecule is Cc1c(-c2cn(-c3ccc(S(N)(=O)=O)cc3)nc2C(F)(F)F)ccc2c1OCO2. The first kappa shape index (κ1) is 19.3. The fourth-order valence-corrected chi connectivity index (χ4v) is 3.62. The lowest BCUT2D eigenvalue weighted by Crippen LogP contribution is -2.12. The van der Waals surface area contributed by atoms with Gasteiger partial charge in [-0.15, -0.1) is 0 Å². The van der Waals surface area contributed by atoms with Gasteiger partial charge in [-0.05, 0) is 42.8 Å². The highest BCUT2D eigenvalue weighted by atomic mass is 32.2. The third-order valence-electron chi connectivity index (χ3n) is 4.49. The molecule has 0 saturated carbocycles. The average Bonchev–Trinajstić information content (AvgIpc) is 3.28. The zero-order chi connectivity index (χ0) is 21.0. The molecule has 2 heterocycles. The van der Waals surface area contributed by atoms with Crippen molar-refractivity contribution in [2.24, 2.45) is 5.14 Å². The molecular formula is C18H14F3N3O4S. The summed E-state index contributed by atoms with van der Waals surface area (Å²) in [6, 6.07) is 8.11. The second kappa shape index (κ2) is 6.49. The summed E-state index contributed by atoms with van der Waals surface area (Å²) in [5, 5.41) is 8.74. The van der Waals surface area contributed by atoms with E-state index in [1.807, 2.05) is 0 Å². The summed E-state index contributed by atoms with van der Waals surface area (Å²) in [5.74, 6) is 0.853. The van der Waals surface area contributed by atoms with E-state index in [9.17, 15) is 21.6 Å². The summed E-state index contributed by atoms with van der Waals surface area (Å²) >= 11 is 0. The Morgan fingerprint density at radius 2 is 1.76 bits per heavy atom. The highest BCUT2D eigenvalue weighted by Gasteiger charge is 2.38. The van der Waals surface area contributed by atoms with Gasteiger partial charge in [-0.3, -0.25) is 0 Å². The first-order valence-corrected chi connectivity index (χ1v) is 9.80. The molecule has 0 amide bonds. The molecule has 2 N–H and O–H groups in total. The first-order valence-electron chi connectivity index (χ1n) is 8.25. The summed E-state index contributed by atoms with van der Waals surface area (Å²) in [4.78, 5) is -0.156. The second-order valence-corrected chi connectivity index (χ2v) is 7.91. The van der Waals surface area contributed by atoms with E-state index in [1.54, 1.807) is 13.0 Å². The molecule has 0 atom stereocenters. The van der Waals surface area contributed by atoms with Crippen LogP contribution in [0.15, 0.2) is 47.5 Å². The molecule has 0 unspecified atom stereocenters. The summed E-state index contributed by atoms with van der Waals surface area (Å²) in [6.45, 7) is 1.64. The number of aromatic nitrogens is 2. The van der Waals surface area contributed by atoms with Crippen molar-refractivity contribution in [3.8, 4) is 28.3 Å². The zero-order valence-corrected chi connectivity index (χ0v) is 15.7. The summed E-state index contributed by atoms with van der Waals surface area (Å²) < 4.78 is 75.4. The van der Waals surface area contributed by atoms with Crippen molar-refractivity contribution >= 4 is 10.0 Å². The van der Waals surface area contributed by atoms with Crippen LogP contribution in [0.3, 0.4) is 0 Å². The molecule has 7 nitrogen and oxygen atoms in total. The molecule has 0 fully saturated rings.